The lowest BCUT2D eigenvalue weighted by Crippen LogP contribution is -2.31. The molecule has 1 heterocycles. The number of carbonyl (C=O) groups is 1. The molecule has 142 valence electrons. The molecule has 0 N–H and O–H groups in total. The van der Waals surface area contributed by atoms with Crippen LogP contribution in [0.5, 0.6) is 0 Å². The molecule has 0 amide bonds. The zero-order chi connectivity index (χ0) is 17.3. The van der Waals surface area contributed by atoms with Gasteiger partial charge in [-0.1, -0.05) is 96.8 Å². The van der Waals surface area contributed by atoms with Crippen molar-refractivity contribution in [1.82, 2.24) is 0 Å². The third-order valence-corrected chi connectivity index (χ3v) is 4.90. The minimum Gasteiger partial charge on any atom is -0.436 e. The van der Waals surface area contributed by atoms with E-state index in [0.717, 1.165) is 25.9 Å². The number of unbranched alkanes of at least 4 members (excludes halogenated alkanes) is 14. The second kappa shape index (κ2) is 15.9. The summed E-state index contributed by atoms with van der Waals surface area (Å²) in [6.07, 6.45) is 21.4. The molecule has 1 rings (SSSR count). The zero-order valence-electron chi connectivity index (χ0n) is 16.0. The fraction of sp³-hybridized carbons (Fsp3) is 0.952. The highest BCUT2D eigenvalue weighted by molar-refractivity contribution is 5.69. The van der Waals surface area contributed by atoms with Gasteiger partial charge in [0, 0.05) is 12.8 Å². The van der Waals surface area contributed by atoms with Gasteiger partial charge in [0.05, 0.1) is 6.61 Å². The van der Waals surface area contributed by atoms with Gasteiger partial charge in [0.1, 0.15) is 0 Å². The average molecular weight is 341 g/mol. The Bertz CT molecular complexity index is 287. The van der Waals surface area contributed by atoms with E-state index in [1.807, 2.05) is 0 Å². The number of hydrogen-bond acceptors (Lipinski definition) is 3. The van der Waals surface area contributed by atoms with Gasteiger partial charge in [-0.15, -0.1) is 0 Å². The van der Waals surface area contributed by atoms with Crippen LogP contribution in [0.2, 0.25) is 0 Å². The summed E-state index contributed by atoms with van der Waals surface area (Å²) < 4.78 is 10.2. The summed E-state index contributed by atoms with van der Waals surface area (Å²) in [7, 11) is 0. The third kappa shape index (κ3) is 12.8. The van der Waals surface area contributed by atoms with E-state index in [-0.39, 0.29) is 12.3 Å². The van der Waals surface area contributed by atoms with Crippen molar-refractivity contribution in [2.24, 2.45) is 0 Å². The van der Waals surface area contributed by atoms with Crippen LogP contribution < -0.4 is 0 Å². The summed E-state index contributed by atoms with van der Waals surface area (Å²) in [5, 5.41) is 0. The molecule has 1 atom stereocenters. The summed E-state index contributed by atoms with van der Waals surface area (Å²) in [4.78, 5) is 11.5. The molecule has 1 unspecified atom stereocenters. The highest BCUT2D eigenvalue weighted by Crippen LogP contribution is 2.15. The number of rotatable bonds is 17. The van der Waals surface area contributed by atoms with Crippen molar-refractivity contribution in [3.63, 3.8) is 0 Å². The van der Waals surface area contributed by atoms with Crippen LogP contribution in [0.1, 0.15) is 116 Å². The van der Waals surface area contributed by atoms with E-state index in [9.17, 15) is 4.79 Å². The lowest BCUT2D eigenvalue weighted by atomic mass is 10.0. The monoisotopic (exact) mass is 340 g/mol. The maximum Gasteiger partial charge on any atom is 0.308 e. The molecular formula is C21H40O3. The third-order valence-electron chi connectivity index (χ3n) is 4.90. The highest BCUT2D eigenvalue weighted by atomic mass is 16.7. The summed E-state index contributed by atoms with van der Waals surface area (Å²) in [5.41, 5.74) is 0. The number of hydrogen-bond donors (Lipinski definition) is 0. The molecule has 1 aliphatic heterocycles. The zero-order valence-corrected chi connectivity index (χ0v) is 16.0. The van der Waals surface area contributed by atoms with Crippen LogP contribution in [0.3, 0.4) is 0 Å². The van der Waals surface area contributed by atoms with Gasteiger partial charge in [-0.25, -0.2) is 0 Å². The molecule has 0 aromatic rings. The molecule has 0 aliphatic carbocycles. The van der Waals surface area contributed by atoms with Crippen molar-refractivity contribution >= 4 is 5.97 Å². The van der Waals surface area contributed by atoms with Crippen LogP contribution in [0.15, 0.2) is 0 Å². The fourth-order valence-electron chi connectivity index (χ4n) is 3.15. The van der Waals surface area contributed by atoms with Crippen LogP contribution >= 0.6 is 0 Å². The largest absolute Gasteiger partial charge is 0.436 e. The Morgan fingerprint density at radius 3 is 1.58 bits per heavy atom. The Morgan fingerprint density at radius 1 is 0.792 bits per heavy atom. The molecule has 3 heteroatoms. The van der Waals surface area contributed by atoms with Crippen LogP contribution in [-0.2, 0) is 14.3 Å². The summed E-state index contributed by atoms with van der Waals surface area (Å²) in [6.45, 7) is 3.01. The molecule has 1 saturated heterocycles. The Kier molecular flexibility index (Phi) is 14.3. The maximum atomic E-state index is 11.5. The van der Waals surface area contributed by atoms with Gasteiger partial charge in [-0.2, -0.15) is 0 Å². The van der Waals surface area contributed by atoms with Crippen molar-refractivity contribution < 1.29 is 14.3 Å². The molecule has 0 aromatic carbocycles. The summed E-state index contributed by atoms with van der Waals surface area (Å²) in [5.74, 6) is -0.0885. The molecule has 3 nitrogen and oxygen atoms in total. The number of esters is 1. The smallest absolute Gasteiger partial charge is 0.308 e. The first-order valence-corrected chi connectivity index (χ1v) is 10.6. The molecule has 0 aromatic heterocycles. The number of carbonyl (C=O) groups excluding carboxylic acids is 1. The van der Waals surface area contributed by atoms with Crippen molar-refractivity contribution in [2.75, 3.05) is 6.61 Å². The lowest BCUT2D eigenvalue weighted by molar-refractivity contribution is -0.216. The van der Waals surface area contributed by atoms with Gasteiger partial charge in [-0.05, 0) is 6.42 Å². The minimum atomic E-state index is -0.242. The summed E-state index contributed by atoms with van der Waals surface area (Å²) >= 11 is 0. The second-order valence-corrected chi connectivity index (χ2v) is 7.28. The molecule has 0 spiro atoms. The van der Waals surface area contributed by atoms with Crippen molar-refractivity contribution in [3.05, 3.63) is 0 Å². The van der Waals surface area contributed by atoms with E-state index >= 15 is 0 Å². The molecular weight excluding hydrogens is 300 g/mol. The summed E-state index contributed by atoms with van der Waals surface area (Å²) in [6, 6.07) is 0. The van der Waals surface area contributed by atoms with E-state index in [1.54, 1.807) is 0 Å². The van der Waals surface area contributed by atoms with E-state index in [2.05, 4.69) is 6.92 Å². The Labute approximate surface area is 149 Å². The van der Waals surface area contributed by atoms with Crippen LogP contribution in [0, 0.1) is 0 Å². The number of ether oxygens (including phenoxy) is 2. The predicted molar refractivity (Wildman–Crippen MR) is 100.0 cm³/mol. The standard InChI is InChI=1S/C21H40O3/c1-2-3-4-5-6-7-8-9-10-11-12-13-14-15-16-17-20(22)24-21-18-19-23-21/h21H,2-19H2,1H3. The second-order valence-electron chi connectivity index (χ2n) is 7.28. The normalized spacial score (nSPS) is 16.8. The van der Waals surface area contributed by atoms with E-state index < -0.39 is 0 Å². The minimum absolute atomic E-state index is 0.0885. The quantitative estimate of drug-likeness (QED) is 0.223. The molecule has 0 radical (unpaired) electrons. The van der Waals surface area contributed by atoms with Gasteiger partial charge >= 0.3 is 5.97 Å². The molecule has 0 saturated carbocycles. The maximum absolute atomic E-state index is 11.5. The van der Waals surface area contributed by atoms with E-state index in [1.165, 1.54) is 83.5 Å². The van der Waals surface area contributed by atoms with E-state index in [0.29, 0.717) is 6.42 Å². The van der Waals surface area contributed by atoms with Crippen LogP contribution in [0.25, 0.3) is 0 Å². The van der Waals surface area contributed by atoms with Crippen molar-refractivity contribution in [1.29, 1.82) is 0 Å². The predicted octanol–water partition coefficient (Wildman–Crippen LogP) is 6.54. The first kappa shape index (κ1) is 21.5. The SMILES string of the molecule is CCCCCCCCCCCCCCCCCC(=O)OC1CCO1. The van der Waals surface area contributed by atoms with E-state index in [4.69, 9.17) is 9.47 Å². The Morgan fingerprint density at radius 2 is 1.21 bits per heavy atom. The average Bonchev–Trinajstić information content (AvgIpc) is 2.54. The lowest BCUT2D eigenvalue weighted by Gasteiger charge is -2.25. The van der Waals surface area contributed by atoms with Gasteiger partial charge in [-0.3, -0.25) is 4.79 Å². The highest BCUT2D eigenvalue weighted by Gasteiger charge is 2.21. The molecule has 0 bridgehead atoms. The molecule has 24 heavy (non-hydrogen) atoms. The Hall–Kier alpha value is -0.570. The van der Waals surface area contributed by atoms with Crippen molar-refractivity contribution in [3.8, 4) is 0 Å². The Balaban J connectivity index is 1.68. The fourth-order valence-corrected chi connectivity index (χ4v) is 3.15. The first-order chi connectivity index (χ1) is 11.8. The first-order valence-electron chi connectivity index (χ1n) is 10.6. The molecule has 1 aliphatic rings. The topological polar surface area (TPSA) is 35.5 Å². The van der Waals surface area contributed by atoms with Crippen LogP contribution in [-0.4, -0.2) is 18.9 Å². The van der Waals surface area contributed by atoms with Gasteiger partial charge in [0.25, 0.3) is 0 Å². The molecule has 1 fully saturated rings. The van der Waals surface area contributed by atoms with Crippen molar-refractivity contribution in [2.45, 2.75) is 122 Å². The van der Waals surface area contributed by atoms with Gasteiger partial charge in [0.15, 0.2) is 0 Å². The van der Waals surface area contributed by atoms with Gasteiger partial charge < -0.3 is 9.47 Å². The van der Waals surface area contributed by atoms with Crippen LogP contribution in [0.4, 0.5) is 0 Å². The van der Waals surface area contributed by atoms with Gasteiger partial charge in [0.2, 0.25) is 6.29 Å².